The van der Waals surface area contributed by atoms with E-state index in [1.807, 2.05) is 62.1 Å². The molecule has 1 aromatic carbocycles. The Morgan fingerprint density at radius 1 is 1.24 bits per heavy atom. The quantitative estimate of drug-likeness (QED) is 0.601. The van der Waals surface area contributed by atoms with Crippen LogP contribution in [-0.2, 0) is 14.3 Å². The number of nitrogens with one attached hydrogen (secondary N) is 1. The topological polar surface area (TPSA) is 85.3 Å². The minimum absolute atomic E-state index is 0.0557. The molecular weight excluding hydrogens is 432 g/mol. The van der Waals surface area contributed by atoms with E-state index in [0.29, 0.717) is 30.3 Å². The fraction of sp³-hybridized carbons (Fsp3) is 0.500. The third kappa shape index (κ3) is 5.14. The largest absolute Gasteiger partial charge is 0.386 e. The normalized spacial score (nSPS) is 21.6. The van der Waals surface area contributed by atoms with Crippen molar-refractivity contribution in [3.63, 3.8) is 0 Å². The standard InChI is InChI=1S/C26H34N4O4/c1-18-7-5-14-28-24(18)30(21-8-6-13-27-17-21)25(31)20-11-9-19(10-12-20)22-23(33-16-15-32-4)26(2,3)34-29-22/h5,7,9-12,14,21,23,27H,6,8,13,15-17H2,1-4H3/t21-,23-/m1/s1. The second kappa shape index (κ2) is 10.6. The molecule has 0 unspecified atom stereocenters. The average molecular weight is 467 g/mol. The lowest BCUT2D eigenvalue weighted by molar-refractivity contribution is -0.0809. The van der Waals surface area contributed by atoms with Crippen LogP contribution in [0.5, 0.6) is 0 Å². The number of pyridine rings is 1. The number of ether oxygens (including phenoxy) is 2. The van der Waals surface area contributed by atoms with Gasteiger partial charge in [0, 0.05) is 31.0 Å². The van der Waals surface area contributed by atoms with Gasteiger partial charge < -0.3 is 19.6 Å². The Balaban J connectivity index is 1.58. The smallest absolute Gasteiger partial charge is 0.259 e. The highest BCUT2D eigenvalue weighted by atomic mass is 16.7. The van der Waals surface area contributed by atoms with Crippen LogP contribution in [-0.4, -0.2) is 67.8 Å². The molecule has 182 valence electrons. The van der Waals surface area contributed by atoms with Crippen molar-refractivity contribution in [3.8, 4) is 0 Å². The molecule has 0 aliphatic carbocycles. The molecule has 1 saturated heterocycles. The zero-order valence-corrected chi connectivity index (χ0v) is 20.4. The Morgan fingerprint density at radius 2 is 2.03 bits per heavy atom. The van der Waals surface area contributed by atoms with Crippen molar-refractivity contribution in [1.29, 1.82) is 0 Å². The molecule has 1 aromatic heterocycles. The van der Waals surface area contributed by atoms with Crippen LogP contribution in [0.4, 0.5) is 5.82 Å². The third-order valence-electron chi connectivity index (χ3n) is 6.32. The number of aromatic nitrogens is 1. The Morgan fingerprint density at radius 3 is 2.71 bits per heavy atom. The van der Waals surface area contributed by atoms with E-state index in [0.717, 1.165) is 37.1 Å². The van der Waals surface area contributed by atoms with E-state index >= 15 is 0 Å². The van der Waals surface area contributed by atoms with Crippen LogP contribution < -0.4 is 10.2 Å². The van der Waals surface area contributed by atoms with Gasteiger partial charge in [-0.1, -0.05) is 23.4 Å². The van der Waals surface area contributed by atoms with E-state index < -0.39 is 5.60 Å². The van der Waals surface area contributed by atoms with Crippen molar-refractivity contribution in [2.24, 2.45) is 5.16 Å². The summed E-state index contributed by atoms with van der Waals surface area (Å²) in [5.41, 5.74) is 2.58. The number of anilines is 1. The number of hydrogen-bond donors (Lipinski definition) is 1. The molecule has 1 N–H and O–H groups in total. The molecule has 0 radical (unpaired) electrons. The minimum Gasteiger partial charge on any atom is -0.386 e. The molecule has 3 heterocycles. The van der Waals surface area contributed by atoms with Gasteiger partial charge in [0.05, 0.1) is 19.3 Å². The molecule has 2 aliphatic heterocycles. The molecular formula is C26H34N4O4. The zero-order chi connectivity index (χ0) is 24.1. The second-order valence-corrected chi connectivity index (χ2v) is 9.31. The Labute approximate surface area is 201 Å². The van der Waals surface area contributed by atoms with Gasteiger partial charge in [-0.05, 0) is 63.9 Å². The van der Waals surface area contributed by atoms with Gasteiger partial charge in [-0.15, -0.1) is 0 Å². The fourth-order valence-corrected chi connectivity index (χ4v) is 4.47. The summed E-state index contributed by atoms with van der Waals surface area (Å²) in [4.78, 5) is 25.8. The van der Waals surface area contributed by atoms with Crippen molar-refractivity contribution < 1.29 is 19.1 Å². The van der Waals surface area contributed by atoms with Crippen molar-refractivity contribution >= 4 is 17.4 Å². The van der Waals surface area contributed by atoms with E-state index in [2.05, 4.69) is 15.5 Å². The Bertz CT molecular complexity index is 1020. The maximum atomic E-state index is 13.7. The highest BCUT2D eigenvalue weighted by molar-refractivity contribution is 6.08. The Kier molecular flexibility index (Phi) is 7.60. The molecule has 0 saturated carbocycles. The SMILES string of the molecule is COCCO[C@@H]1C(c2ccc(C(=O)N(c3ncccc3C)[C@@H]3CCCNC3)cc2)=NOC1(C)C. The minimum atomic E-state index is -0.584. The summed E-state index contributed by atoms with van der Waals surface area (Å²) < 4.78 is 11.1. The molecule has 8 heteroatoms. The van der Waals surface area contributed by atoms with Gasteiger partial charge in [0.25, 0.3) is 5.91 Å². The number of amides is 1. The molecule has 2 atom stereocenters. The summed E-state index contributed by atoms with van der Waals surface area (Å²) in [6.45, 7) is 8.55. The molecule has 34 heavy (non-hydrogen) atoms. The number of piperidine rings is 1. The summed E-state index contributed by atoms with van der Waals surface area (Å²) >= 11 is 0. The van der Waals surface area contributed by atoms with Crippen LogP contribution in [0.2, 0.25) is 0 Å². The van der Waals surface area contributed by atoms with Crippen LogP contribution in [0.1, 0.15) is 48.2 Å². The van der Waals surface area contributed by atoms with Crippen LogP contribution in [0.15, 0.2) is 47.8 Å². The number of carbonyl (C=O) groups excluding carboxylic acids is 1. The lowest BCUT2D eigenvalue weighted by Crippen LogP contribution is -2.49. The average Bonchev–Trinajstić information content (AvgIpc) is 3.15. The van der Waals surface area contributed by atoms with Gasteiger partial charge in [0.2, 0.25) is 0 Å². The van der Waals surface area contributed by atoms with Crippen LogP contribution in [0, 0.1) is 6.92 Å². The maximum absolute atomic E-state index is 13.7. The van der Waals surface area contributed by atoms with Gasteiger partial charge in [-0.25, -0.2) is 4.98 Å². The van der Waals surface area contributed by atoms with Gasteiger partial charge >= 0.3 is 0 Å². The first-order chi connectivity index (χ1) is 16.4. The molecule has 1 amide bonds. The van der Waals surface area contributed by atoms with Crippen molar-refractivity contribution in [1.82, 2.24) is 10.3 Å². The number of aryl methyl sites for hydroxylation is 1. The fourth-order valence-electron chi connectivity index (χ4n) is 4.47. The first-order valence-corrected chi connectivity index (χ1v) is 11.9. The van der Waals surface area contributed by atoms with E-state index in [9.17, 15) is 4.79 Å². The monoisotopic (exact) mass is 466 g/mol. The summed E-state index contributed by atoms with van der Waals surface area (Å²) in [7, 11) is 1.64. The molecule has 2 aliphatic rings. The number of oxime groups is 1. The van der Waals surface area contributed by atoms with Gasteiger partial charge in [-0.2, -0.15) is 0 Å². The summed E-state index contributed by atoms with van der Waals surface area (Å²) in [6.07, 6.45) is 3.38. The van der Waals surface area contributed by atoms with Crippen molar-refractivity contribution in [2.45, 2.75) is 51.4 Å². The second-order valence-electron chi connectivity index (χ2n) is 9.31. The van der Waals surface area contributed by atoms with Crippen LogP contribution >= 0.6 is 0 Å². The lowest BCUT2D eigenvalue weighted by Gasteiger charge is -2.34. The van der Waals surface area contributed by atoms with Gasteiger partial charge in [-0.3, -0.25) is 9.69 Å². The van der Waals surface area contributed by atoms with Gasteiger partial charge in [0.15, 0.2) is 5.60 Å². The van der Waals surface area contributed by atoms with E-state index in [1.165, 1.54) is 0 Å². The van der Waals surface area contributed by atoms with E-state index in [4.69, 9.17) is 14.3 Å². The number of carbonyl (C=O) groups is 1. The number of rotatable bonds is 8. The number of benzene rings is 1. The molecule has 8 nitrogen and oxygen atoms in total. The molecule has 1 fully saturated rings. The van der Waals surface area contributed by atoms with Crippen molar-refractivity contribution in [2.75, 3.05) is 38.3 Å². The summed E-state index contributed by atoms with van der Waals surface area (Å²) in [5.74, 6) is 0.659. The Hall–Kier alpha value is -2.81. The highest BCUT2D eigenvalue weighted by Crippen LogP contribution is 2.30. The highest BCUT2D eigenvalue weighted by Gasteiger charge is 2.43. The van der Waals surface area contributed by atoms with Crippen LogP contribution in [0.3, 0.4) is 0 Å². The zero-order valence-electron chi connectivity index (χ0n) is 20.4. The first-order valence-electron chi connectivity index (χ1n) is 11.9. The van der Waals surface area contributed by atoms with Gasteiger partial charge in [0.1, 0.15) is 17.6 Å². The summed E-state index contributed by atoms with van der Waals surface area (Å²) in [6, 6.07) is 11.5. The van der Waals surface area contributed by atoms with Crippen molar-refractivity contribution in [3.05, 3.63) is 59.3 Å². The molecule has 0 spiro atoms. The van der Waals surface area contributed by atoms with E-state index in [-0.39, 0.29) is 18.1 Å². The van der Waals surface area contributed by atoms with E-state index in [1.54, 1.807) is 13.3 Å². The summed E-state index contributed by atoms with van der Waals surface area (Å²) in [5, 5.41) is 7.71. The molecule has 0 bridgehead atoms. The predicted molar refractivity (Wildman–Crippen MR) is 131 cm³/mol. The predicted octanol–water partition coefficient (Wildman–Crippen LogP) is 3.33. The number of nitrogens with zero attached hydrogens (tertiary/aromatic N) is 3. The lowest BCUT2D eigenvalue weighted by atomic mass is 9.93. The third-order valence-corrected chi connectivity index (χ3v) is 6.32. The first kappa shape index (κ1) is 24.3. The molecule has 2 aromatic rings. The maximum Gasteiger partial charge on any atom is 0.259 e. The molecule has 4 rings (SSSR count). The van der Waals surface area contributed by atoms with Crippen LogP contribution in [0.25, 0.3) is 0 Å². The number of methoxy groups -OCH3 is 1. The number of hydrogen-bond acceptors (Lipinski definition) is 7.